The van der Waals surface area contributed by atoms with Crippen LogP contribution in [0.3, 0.4) is 0 Å². The lowest BCUT2D eigenvalue weighted by molar-refractivity contribution is 0.196. The van der Waals surface area contributed by atoms with Crippen LogP contribution in [-0.2, 0) is 14.8 Å². The second-order valence-corrected chi connectivity index (χ2v) is 6.45. The van der Waals surface area contributed by atoms with Crippen molar-refractivity contribution in [1.29, 1.82) is 0 Å². The number of benzene rings is 1. The van der Waals surface area contributed by atoms with Crippen LogP contribution in [0.2, 0.25) is 0 Å². The number of hydrogen-bond acceptors (Lipinski definition) is 5. The van der Waals surface area contributed by atoms with Gasteiger partial charge in [0, 0.05) is 38.3 Å². The Morgan fingerprint density at radius 3 is 3.05 bits per heavy atom. The molecule has 0 saturated carbocycles. The smallest absolute Gasteiger partial charge is 0.240 e. The Hall–Kier alpha value is -1.15. The molecule has 112 valence electrons. The lowest BCUT2D eigenvalue weighted by atomic mass is 10.0. The van der Waals surface area contributed by atoms with Gasteiger partial charge in [-0.2, -0.15) is 0 Å². The molecule has 0 fully saturated rings. The number of sulfonamides is 1. The van der Waals surface area contributed by atoms with Gasteiger partial charge in [0.15, 0.2) is 0 Å². The van der Waals surface area contributed by atoms with Gasteiger partial charge in [-0.25, -0.2) is 13.1 Å². The second-order valence-electron chi connectivity index (χ2n) is 4.69. The van der Waals surface area contributed by atoms with Crippen LogP contribution in [0, 0.1) is 0 Å². The van der Waals surface area contributed by atoms with Crippen LogP contribution in [0.5, 0.6) is 5.75 Å². The van der Waals surface area contributed by atoms with Crippen molar-refractivity contribution in [3.8, 4) is 5.75 Å². The Morgan fingerprint density at radius 1 is 1.50 bits per heavy atom. The lowest BCUT2D eigenvalue weighted by Gasteiger charge is -2.23. The summed E-state index contributed by atoms with van der Waals surface area (Å²) in [5.74, 6) is 0.669. The maximum absolute atomic E-state index is 12.2. The molecule has 0 amide bonds. The van der Waals surface area contributed by atoms with Gasteiger partial charge in [0.25, 0.3) is 0 Å². The van der Waals surface area contributed by atoms with E-state index in [0.717, 1.165) is 5.56 Å². The van der Waals surface area contributed by atoms with Gasteiger partial charge < -0.3 is 15.2 Å². The Morgan fingerprint density at radius 2 is 2.30 bits per heavy atom. The molecular weight excluding hydrogens is 280 g/mol. The molecule has 0 radical (unpaired) electrons. The number of nitrogens with two attached hydrogens (primary N) is 1. The second kappa shape index (κ2) is 6.53. The summed E-state index contributed by atoms with van der Waals surface area (Å²) < 4.78 is 37.2. The molecule has 6 nitrogen and oxygen atoms in total. The molecule has 1 aliphatic rings. The summed E-state index contributed by atoms with van der Waals surface area (Å²) in [6, 6.07) is 4.62. The van der Waals surface area contributed by atoms with Crippen molar-refractivity contribution in [2.75, 3.05) is 26.9 Å². The third-order valence-electron chi connectivity index (χ3n) is 3.19. The highest BCUT2D eigenvalue weighted by atomic mass is 32.2. The van der Waals surface area contributed by atoms with E-state index in [2.05, 4.69) is 4.72 Å². The molecule has 2 rings (SSSR count). The molecule has 1 heterocycles. The first-order chi connectivity index (χ1) is 9.54. The highest BCUT2D eigenvalue weighted by molar-refractivity contribution is 7.89. The molecule has 0 saturated heterocycles. The van der Waals surface area contributed by atoms with E-state index in [-0.39, 0.29) is 10.9 Å². The third-order valence-corrected chi connectivity index (χ3v) is 4.65. The molecule has 1 aliphatic heterocycles. The SMILES string of the molecule is COCCCNS(=O)(=O)c1ccc2c(c1)C(N)CCO2. The Labute approximate surface area is 119 Å². The molecular formula is C13H20N2O4S. The minimum Gasteiger partial charge on any atom is -0.493 e. The molecule has 0 bridgehead atoms. The first-order valence-electron chi connectivity index (χ1n) is 6.55. The number of fused-ring (bicyclic) bond motifs is 1. The van der Waals surface area contributed by atoms with Crippen molar-refractivity contribution >= 4 is 10.0 Å². The largest absolute Gasteiger partial charge is 0.493 e. The predicted octanol–water partition coefficient (Wildman–Crippen LogP) is 0.784. The number of rotatable bonds is 6. The van der Waals surface area contributed by atoms with Crippen LogP contribution in [0.1, 0.15) is 24.4 Å². The van der Waals surface area contributed by atoms with Gasteiger partial charge in [-0.1, -0.05) is 0 Å². The van der Waals surface area contributed by atoms with E-state index < -0.39 is 10.0 Å². The van der Waals surface area contributed by atoms with Crippen molar-refractivity contribution in [2.24, 2.45) is 5.73 Å². The molecule has 20 heavy (non-hydrogen) atoms. The Bertz CT molecular complexity index is 559. The summed E-state index contributed by atoms with van der Waals surface area (Å²) in [6.45, 7) is 1.43. The van der Waals surface area contributed by atoms with Gasteiger partial charge in [0.05, 0.1) is 11.5 Å². The predicted molar refractivity (Wildman–Crippen MR) is 75.2 cm³/mol. The first kappa shape index (κ1) is 15.2. The fraction of sp³-hybridized carbons (Fsp3) is 0.538. The fourth-order valence-corrected chi connectivity index (χ4v) is 3.18. The van der Waals surface area contributed by atoms with Gasteiger partial charge >= 0.3 is 0 Å². The molecule has 1 aromatic carbocycles. The van der Waals surface area contributed by atoms with E-state index >= 15 is 0 Å². The molecule has 3 N–H and O–H groups in total. The van der Waals surface area contributed by atoms with Crippen LogP contribution in [0.15, 0.2) is 23.1 Å². The third kappa shape index (κ3) is 3.49. The van der Waals surface area contributed by atoms with E-state index in [4.69, 9.17) is 15.2 Å². The summed E-state index contributed by atoms with van der Waals surface area (Å²) in [4.78, 5) is 0.217. The van der Waals surface area contributed by atoms with E-state index in [1.54, 1.807) is 19.2 Å². The standard InChI is InChI=1S/C13H20N2O4S/c1-18-7-2-6-15-20(16,17)10-3-4-13-11(9-10)12(14)5-8-19-13/h3-4,9,12,15H,2,5-8,14H2,1H3. The molecule has 1 aromatic rings. The lowest BCUT2D eigenvalue weighted by Crippen LogP contribution is -2.26. The van der Waals surface area contributed by atoms with E-state index in [1.165, 1.54) is 6.07 Å². The van der Waals surface area contributed by atoms with Crippen molar-refractivity contribution in [1.82, 2.24) is 4.72 Å². The van der Waals surface area contributed by atoms with Crippen LogP contribution >= 0.6 is 0 Å². The zero-order valence-corrected chi connectivity index (χ0v) is 12.3. The van der Waals surface area contributed by atoms with Gasteiger partial charge in [0.2, 0.25) is 10.0 Å². The Balaban J connectivity index is 2.14. The topological polar surface area (TPSA) is 90.7 Å². The van der Waals surface area contributed by atoms with Crippen LogP contribution in [0.4, 0.5) is 0 Å². The average molecular weight is 300 g/mol. The summed E-state index contributed by atoms with van der Waals surface area (Å²) in [6.07, 6.45) is 1.32. The summed E-state index contributed by atoms with van der Waals surface area (Å²) in [5.41, 5.74) is 6.73. The zero-order valence-electron chi connectivity index (χ0n) is 11.5. The van der Waals surface area contributed by atoms with Crippen LogP contribution < -0.4 is 15.2 Å². The van der Waals surface area contributed by atoms with E-state index in [1.807, 2.05) is 0 Å². The van der Waals surface area contributed by atoms with Gasteiger partial charge in [-0.3, -0.25) is 0 Å². The van der Waals surface area contributed by atoms with Crippen LogP contribution in [0.25, 0.3) is 0 Å². The number of methoxy groups -OCH3 is 1. The van der Waals surface area contributed by atoms with Gasteiger partial charge in [-0.05, 0) is 24.6 Å². The van der Waals surface area contributed by atoms with Crippen molar-refractivity contribution < 1.29 is 17.9 Å². The maximum atomic E-state index is 12.2. The number of hydrogen-bond donors (Lipinski definition) is 2. The number of nitrogens with one attached hydrogen (secondary N) is 1. The minimum absolute atomic E-state index is 0.178. The van der Waals surface area contributed by atoms with Crippen molar-refractivity contribution in [2.45, 2.75) is 23.8 Å². The molecule has 0 aromatic heterocycles. The van der Waals surface area contributed by atoms with E-state index in [9.17, 15) is 8.42 Å². The average Bonchev–Trinajstić information content (AvgIpc) is 2.44. The molecule has 0 aliphatic carbocycles. The normalized spacial score (nSPS) is 18.4. The summed E-state index contributed by atoms with van der Waals surface area (Å²) in [7, 11) is -1.93. The molecule has 7 heteroatoms. The highest BCUT2D eigenvalue weighted by Crippen LogP contribution is 2.32. The van der Waals surface area contributed by atoms with E-state index in [0.29, 0.717) is 38.3 Å². The fourth-order valence-electron chi connectivity index (χ4n) is 2.07. The minimum atomic E-state index is -3.51. The Kier molecular flexibility index (Phi) is 4.98. The zero-order chi connectivity index (χ0) is 14.6. The monoisotopic (exact) mass is 300 g/mol. The van der Waals surface area contributed by atoms with Gasteiger partial charge in [-0.15, -0.1) is 0 Å². The van der Waals surface area contributed by atoms with Gasteiger partial charge in [0.1, 0.15) is 5.75 Å². The summed E-state index contributed by atoms with van der Waals surface area (Å²) in [5, 5.41) is 0. The number of ether oxygens (including phenoxy) is 2. The molecule has 1 unspecified atom stereocenters. The molecule has 1 atom stereocenters. The first-order valence-corrected chi connectivity index (χ1v) is 8.04. The van der Waals surface area contributed by atoms with Crippen molar-refractivity contribution in [3.05, 3.63) is 23.8 Å². The highest BCUT2D eigenvalue weighted by Gasteiger charge is 2.22. The molecule has 0 spiro atoms. The van der Waals surface area contributed by atoms with Crippen LogP contribution in [-0.4, -0.2) is 35.3 Å². The quantitative estimate of drug-likeness (QED) is 0.758. The maximum Gasteiger partial charge on any atom is 0.240 e. The van der Waals surface area contributed by atoms with Crippen molar-refractivity contribution in [3.63, 3.8) is 0 Å². The summed E-state index contributed by atoms with van der Waals surface area (Å²) >= 11 is 0.